The van der Waals surface area contributed by atoms with Crippen molar-refractivity contribution in [3.05, 3.63) is 11.8 Å². The molecule has 6 nitrogen and oxygen atoms in total. The molecule has 0 saturated heterocycles. The Labute approximate surface area is 97.6 Å². The van der Waals surface area contributed by atoms with Gasteiger partial charge >= 0.3 is 5.97 Å². The van der Waals surface area contributed by atoms with Crippen LogP contribution in [0.5, 0.6) is 0 Å². The van der Waals surface area contributed by atoms with Crippen LogP contribution in [0.3, 0.4) is 0 Å². The van der Waals surface area contributed by atoms with Crippen molar-refractivity contribution in [1.82, 2.24) is 9.78 Å². The van der Waals surface area contributed by atoms with Crippen molar-refractivity contribution in [2.24, 2.45) is 0 Å². The Morgan fingerprint density at radius 1 is 1.62 bits per heavy atom. The van der Waals surface area contributed by atoms with E-state index in [9.17, 15) is 13.2 Å². The highest BCUT2D eigenvalue weighted by molar-refractivity contribution is 8.13. The topological polar surface area (TPSA) is 78.3 Å². The first-order valence-electron chi connectivity index (χ1n) is 4.51. The number of methoxy groups -OCH3 is 1. The summed E-state index contributed by atoms with van der Waals surface area (Å²) in [6, 6.07) is 1.10. The van der Waals surface area contributed by atoms with E-state index in [1.165, 1.54) is 11.8 Å². The van der Waals surface area contributed by atoms with Gasteiger partial charge in [-0.25, -0.2) is 13.2 Å². The molecule has 0 bridgehead atoms. The summed E-state index contributed by atoms with van der Waals surface area (Å²) in [5.41, 5.74) is 0.0728. The van der Waals surface area contributed by atoms with Gasteiger partial charge in [0.15, 0.2) is 5.03 Å². The number of hydrogen-bond donors (Lipinski definition) is 0. The third kappa shape index (κ3) is 2.73. The fourth-order valence-electron chi connectivity index (χ4n) is 1.16. The highest BCUT2D eigenvalue weighted by atomic mass is 35.7. The predicted molar refractivity (Wildman–Crippen MR) is 56.9 cm³/mol. The smallest absolute Gasteiger partial charge is 0.356 e. The molecule has 0 N–H and O–H groups in total. The molecule has 0 unspecified atom stereocenters. The van der Waals surface area contributed by atoms with E-state index in [1.54, 1.807) is 0 Å². The molecule has 0 aliphatic heterocycles. The van der Waals surface area contributed by atoms with Crippen molar-refractivity contribution in [2.45, 2.75) is 24.9 Å². The summed E-state index contributed by atoms with van der Waals surface area (Å²) in [5, 5.41) is 3.39. The number of carbonyl (C=O) groups excluding carboxylic acids is 1. The van der Waals surface area contributed by atoms with Crippen LogP contribution in [-0.4, -0.2) is 31.3 Å². The molecule has 0 fully saturated rings. The van der Waals surface area contributed by atoms with Gasteiger partial charge in [-0.15, -0.1) is 0 Å². The zero-order chi connectivity index (χ0) is 12.3. The molecule has 1 rings (SSSR count). The second-order valence-corrected chi connectivity index (χ2v) is 5.53. The molecule has 0 aliphatic carbocycles. The quantitative estimate of drug-likeness (QED) is 0.600. The van der Waals surface area contributed by atoms with Gasteiger partial charge in [0, 0.05) is 23.3 Å². The number of hydrogen-bond acceptors (Lipinski definition) is 5. The van der Waals surface area contributed by atoms with Crippen LogP contribution in [0.2, 0.25) is 0 Å². The highest BCUT2D eigenvalue weighted by Crippen LogP contribution is 2.16. The van der Waals surface area contributed by atoms with E-state index in [0.717, 1.165) is 6.07 Å². The standard InChI is InChI=1S/C8H11ClN2O4S/c1-3-4-11-6(8(12)15-2)5-7(10-11)16(9,13)14/h5H,3-4H2,1-2H3. The Morgan fingerprint density at radius 2 is 2.25 bits per heavy atom. The lowest BCUT2D eigenvalue weighted by atomic mass is 10.4. The molecule has 0 aliphatic rings. The first kappa shape index (κ1) is 13.0. The summed E-state index contributed by atoms with van der Waals surface area (Å²) >= 11 is 0. The third-order valence-corrected chi connectivity index (χ3v) is 3.01. The second-order valence-electron chi connectivity index (χ2n) is 3.02. The number of nitrogens with zero attached hydrogens (tertiary/aromatic N) is 2. The summed E-state index contributed by atoms with van der Waals surface area (Å²) in [4.78, 5) is 11.3. The summed E-state index contributed by atoms with van der Waals surface area (Å²) in [5.74, 6) is -0.646. The van der Waals surface area contributed by atoms with Gasteiger partial charge in [0.25, 0.3) is 9.05 Å². The molecule has 0 radical (unpaired) electrons. The number of esters is 1. The number of ether oxygens (including phenoxy) is 1. The van der Waals surface area contributed by atoms with E-state index in [0.29, 0.717) is 13.0 Å². The summed E-state index contributed by atoms with van der Waals surface area (Å²) in [7, 11) is 2.41. The maximum Gasteiger partial charge on any atom is 0.356 e. The van der Waals surface area contributed by atoms with Crippen LogP contribution in [0.4, 0.5) is 0 Å². The van der Waals surface area contributed by atoms with Crippen molar-refractivity contribution >= 4 is 25.7 Å². The van der Waals surface area contributed by atoms with Crippen molar-refractivity contribution in [2.75, 3.05) is 7.11 Å². The zero-order valence-electron chi connectivity index (χ0n) is 8.81. The van der Waals surface area contributed by atoms with Gasteiger partial charge in [-0.1, -0.05) is 6.92 Å². The van der Waals surface area contributed by atoms with Crippen LogP contribution in [0, 0.1) is 0 Å². The molecule has 16 heavy (non-hydrogen) atoms. The molecule has 0 amide bonds. The third-order valence-electron chi connectivity index (χ3n) is 1.84. The van der Waals surface area contributed by atoms with Gasteiger partial charge in [-0.05, 0) is 6.42 Å². The Kier molecular flexibility index (Phi) is 3.93. The van der Waals surface area contributed by atoms with Crippen LogP contribution in [-0.2, 0) is 20.3 Å². The van der Waals surface area contributed by atoms with Crippen molar-refractivity contribution in [1.29, 1.82) is 0 Å². The fraction of sp³-hybridized carbons (Fsp3) is 0.500. The summed E-state index contributed by atoms with van der Waals surface area (Å²) in [6.07, 6.45) is 0.702. The number of aryl methyl sites for hydroxylation is 1. The molecule has 1 heterocycles. The van der Waals surface area contributed by atoms with E-state index in [1.807, 2.05) is 6.92 Å². The van der Waals surface area contributed by atoms with E-state index in [-0.39, 0.29) is 10.7 Å². The van der Waals surface area contributed by atoms with Gasteiger partial charge in [0.05, 0.1) is 7.11 Å². The van der Waals surface area contributed by atoms with E-state index >= 15 is 0 Å². The molecule has 1 aromatic heterocycles. The predicted octanol–water partition coefficient (Wildman–Crippen LogP) is 1.01. The second kappa shape index (κ2) is 4.84. The zero-order valence-corrected chi connectivity index (χ0v) is 10.4. The van der Waals surface area contributed by atoms with Gasteiger partial charge in [-0.2, -0.15) is 5.10 Å². The van der Waals surface area contributed by atoms with Crippen molar-refractivity contribution in [3.63, 3.8) is 0 Å². The summed E-state index contributed by atoms with van der Waals surface area (Å²) < 4.78 is 27.9. The largest absolute Gasteiger partial charge is 0.464 e. The van der Waals surface area contributed by atoms with Crippen LogP contribution < -0.4 is 0 Å². The lowest BCUT2D eigenvalue weighted by Gasteiger charge is -2.02. The monoisotopic (exact) mass is 266 g/mol. The first-order valence-corrected chi connectivity index (χ1v) is 6.82. The SMILES string of the molecule is CCCn1nc(S(=O)(=O)Cl)cc1C(=O)OC. The number of halogens is 1. The minimum absolute atomic E-state index is 0.0728. The van der Waals surface area contributed by atoms with Crippen molar-refractivity contribution < 1.29 is 17.9 Å². The molecule has 1 aromatic rings. The average Bonchev–Trinajstić information content (AvgIpc) is 2.61. The van der Waals surface area contributed by atoms with Gasteiger partial charge in [0.2, 0.25) is 0 Å². The Hall–Kier alpha value is -1.08. The maximum absolute atomic E-state index is 11.3. The lowest BCUT2D eigenvalue weighted by molar-refractivity contribution is 0.0586. The molecule has 8 heteroatoms. The first-order chi connectivity index (χ1) is 7.40. The Balaban J connectivity index is 3.25. The van der Waals surface area contributed by atoms with Gasteiger partial charge in [0.1, 0.15) is 5.69 Å². The molecular weight excluding hydrogens is 256 g/mol. The minimum Gasteiger partial charge on any atom is -0.464 e. The van der Waals surface area contributed by atoms with Crippen LogP contribution in [0.15, 0.2) is 11.1 Å². The van der Waals surface area contributed by atoms with Crippen LogP contribution in [0.1, 0.15) is 23.8 Å². The molecule has 90 valence electrons. The highest BCUT2D eigenvalue weighted by Gasteiger charge is 2.21. The molecule has 0 aromatic carbocycles. The number of rotatable bonds is 4. The van der Waals surface area contributed by atoms with Gasteiger partial charge < -0.3 is 4.74 Å². The summed E-state index contributed by atoms with van der Waals surface area (Å²) in [6.45, 7) is 2.29. The van der Waals surface area contributed by atoms with E-state index in [4.69, 9.17) is 10.7 Å². The van der Waals surface area contributed by atoms with Crippen LogP contribution in [0.25, 0.3) is 0 Å². The molecule has 0 saturated carbocycles. The fourth-order valence-corrected chi connectivity index (χ4v) is 1.84. The normalized spacial score (nSPS) is 11.4. The molecule has 0 atom stereocenters. The minimum atomic E-state index is -3.93. The van der Waals surface area contributed by atoms with Gasteiger partial charge in [-0.3, -0.25) is 4.68 Å². The average molecular weight is 267 g/mol. The van der Waals surface area contributed by atoms with Crippen molar-refractivity contribution in [3.8, 4) is 0 Å². The maximum atomic E-state index is 11.3. The number of carbonyl (C=O) groups is 1. The molecule has 0 spiro atoms. The van der Waals surface area contributed by atoms with Crippen LogP contribution >= 0.6 is 10.7 Å². The molecular formula is C8H11ClN2O4S. The number of aromatic nitrogens is 2. The Morgan fingerprint density at radius 3 is 2.69 bits per heavy atom. The lowest BCUT2D eigenvalue weighted by Crippen LogP contribution is -2.11. The van der Waals surface area contributed by atoms with E-state index in [2.05, 4.69) is 9.84 Å². The Bertz CT molecular complexity index is 494. The van der Waals surface area contributed by atoms with E-state index < -0.39 is 15.0 Å².